The zero-order chi connectivity index (χ0) is 41.6. The first kappa shape index (κ1) is 48.0. The maximum atomic E-state index is 14.3. The van der Waals surface area contributed by atoms with E-state index in [-0.39, 0.29) is 48.3 Å². The van der Waals surface area contributed by atoms with Crippen LogP contribution >= 0.6 is 12.6 Å². The van der Waals surface area contributed by atoms with Crippen LogP contribution in [0, 0.1) is 23.7 Å². The molecule has 0 aliphatic carbocycles. The molecule has 0 bridgehead atoms. The first-order valence-corrected chi connectivity index (χ1v) is 20.4. The summed E-state index contributed by atoms with van der Waals surface area (Å²) in [5.74, 6) is -2.69. The number of likely N-dealkylation sites (tertiary alicyclic amines) is 1. The number of amides is 4. The number of benzene rings is 1. The number of carbonyl (C=O) groups is 5. The van der Waals surface area contributed by atoms with Gasteiger partial charge in [-0.05, 0) is 43.2 Å². The summed E-state index contributed by atoms with van der Waals surface area (Å²) in [5, 5.41) is 15.6. The van der Waals surface area contributed by atoms with Crippen LogP contribution in [0.4, 0.5) is 0 Å². The summed E-state index contributed by atoms with van der Waals surface area (Å²) in [5.41, 5.74) is 0.784. The molecule has 0 spiro atoms. The third-order valence-corrected chi connectivity index (χ3v) is 11.4. The number of carboxylic acids is 1. The van der Waals surface area contributed by atoms with Gasteiger partial charge in [-0.25, -0.2) is 4.79 Å². The van der Waals surface area contributed by atoms with E-state index in [1.54, 1.807) is 23.8 Å². The van der Waals surface area contributed by atoms with Gasteiger partial charge in [-0.15, -0.1) is 0 Å². The van der Waals surface area contributed by atoms with Crippen molar-refractivity contribution in [1.29, 1.82) is 0 Å². The molecule has 4 amide bonds. The van der Waals surface area contributed by atoms with E-state index in [9.17, 15) is 29.1 Å². The van der Waals surface area contributed by atoms with Crippen molar-refractivity contribution >= 4 is 42.2 Å². The largest absolute Gasteiger partial charge is 0.480 e. The lowest BCUT2D eigenvalue weighted by atomic mass is 9.89. The van der Waals surface area contributed by atoms with Crippen LogP contribution in [0.5, 0.6) is 0 Å². The Morgan fingerprint density at radius 3 is 2.09 bits per heavy atom. The van der Waals surface area contributed by atoms with Crippen LogP contribution in [0.1, 0.15) is 79.7 Å². The minimum absolute atomic E-state index is 0.00746. The van der Waals surface area contributed by atoms with Crippen molar-refractivity contribution in [3.63, 3.8) is 0 Å². The lowest BCUT2D eigenvalue weighted by Crippen LogP contribution is -2.60. The molecule has 4 unspecified atom stereocenters. The van der Waals surface area contributed by atoms with Crippen molar-refractivity contribution < 1.29 is 38.6 Å². The number of methoxy groups -OCH3 is 2. The fraction of sp³-hybridized carbons (Fsp3) is 0.732. The van der Waals surface area contributed by atoms with Crippen LogP contribution in [-0.2, 0) is 39.9 Å². The van der Waals surface area contributed by atoms with E-state index in [1.807, 2.05) is 83.8 Å². The Labute approximate surface area is 335 Å². The van der Waals surface area contributed by atoms with Gasteiger partial charge in [0.1, 0.15) is 12.1 Å². The first-order valence-electron chi connectivity index (χ1n) is 19.8. The molecular weight excluding hydrogens is 723 g/mol. The molecular formula is C41H69N5O8S. The van der Waals surface area contributed by atoms with Crippen LogP contribution in [0.15, 0.2) is 30.3 Å². The Kier molecular flexibility index (Phi) is 20.2. The zero-order valence-corrected chi connectivity index (χ0v) is 35.9. The topological polar surface area (TPSA) is 158 Å². The predicted octanol–water partition coefficient (Wildman–Crippen LogP) is 3.75. The number of carbonyl (C=O) groups excluding carboxylic acids is 4. The molecule has 14 heteroatoms. The molecule has 1 aromatic carbocycles. The molecule has 55 heavy (non-hydrogen) atoms. The molecule has 1 aromatic rings. The Balaban J connectivity index is 2.28. The molecule has 13 nitrogen and oxygen atoms in total. The first-order chi connectivity index (χ1) is 25.9. The highest BCUT2D eigenvalue weighted by atomic mass is 32.1. The highest BCUT2D eigenvalue weighted by Crippen LogP contribution is 2.30. The van der Waals surface area contributed by atoms with Crippen molar-refractivity contribution in [2.45, 2.75) is 123 Å². The van der Waals surface area contributed by atoms with Crippen molar-refractivity contribution in [1.82, 2.24) is 25.3 Å². The number of ether oxygens (including phenoxy) is 2. The van der Waals surface area contributed by atoms with Gasteiger partial charge < -0.3 is 35.0 Å². The van der Waals surface area contributed by atoms with Gasteiger partial charge in [-0.2, -0.15) is 12.6 Å². The lowest BCUT2D eigenvalue weighted by Gasteiger charge is -2.41. The average molecular weight is 792 g/mol. The molecule has 9 atom stereocenters. The molecule has 1 heterocycles. The van der Waals surface area contributed by atoms with Gasteiger partial charge in [0.25, 0.3) is 0 Å². The van der Waals surface area contributed by atoms with Gasteiger partial charge >= 0.3 is 5.97 Å². The molecule has 1 saturated heterocycles. The van der Waals surface area contributed by atoms with Gasteiger partial charge in [0.05, 0.1) is 42.7 Å². The van der Waals surface area contributed by atoms with Crippen molar-refractivity contribution in [3.05, 3.63) is 35.9 Å². The summed E-state index contributed by atoms with van der Waals surface area (Å²) >= 11 is 4.34. The van der Waals surface area contributed by atoms with Gasteiger partial charge in [0.15, 0.2) is 0 Å². The molecule has 312 valence electrons. The summed E-state index contributed by atoms with van der Waals surface area (Å²) in [4.78, 5) is 73.1. The Bertz CT molecular complexity index is 1380. The smallest absolute Gasteiger partial charge is 0.326 e. The number of nitrogens with one attached hydrogen (secondary N) is 2. The second-order valence-corrected chi connectivity index (χ2v) is 16.2. The maximum Gasteiger partial charge on any atom is 0.326 e. The molecule has 1 aliphatic rings. The summed E-state index contributed by atoms with van der Waals surface area (Å²) in [6.45, 7) is 14.6. The molecule has 1 aliphatic heterocycles. The van der Waals surface area contributed by atoms with E-state index in [0.717, 1.165) is 5.56 Å². The van der Waals surface area contributed by atoms with Crippen LogP contribution in [0.2, 0.25) is 0 Å². The third-order valence-electron chi connectivity index (χ3n) is 11.2. The quantitative estimate of drug-likeness (QED) is 0.121. The van der Waals surface area contributed by atoms with Crippen LogP contribution in [0.3, 0.4) is 0 Å². The Hall–Kier alpha value is -3.20. The van der Waals surface area contributed by atoms with Gasteiger partial charge in [-0.3, -0.25) is 24.1 Å². The van der Waals surface area contributed by atoms with Crippen molar-refractivity contribution in [2.75, 3.05) is 47.2 Å². The second kappa shape index (κ2) is 23.1. The summed E-state index contributed by atoms with van der Waals surface area (Å²) in [6, 6.07) is 5.82. The van der Waals surface area contributed by atoms with Gasteiger partial charge in [-0.1, -0.05) is 85.2 Å². The Morgan fingerprint density at radius 2 is 1.58 bits per heavy atom. The minimum Gasteiger partial charge on any atom is -0.480 e. The zero-order valence-electron chi connectivity index (χ0n) is 35.0. The monoisotopic (exact) mass is 791 g/mol. The second-order valence-electron chi connectivity index (χ2n) is 15.8. The minimum atomic E-state index is -1.14. The van der Waals surface area contributed by atoms with E-state index in [2.05, 4.69) is 23.3 Å². The fourth-order valence-corrected chi connectivity index (χ4v) is 8.25. The predicted molar refractivity (Wildman–Crippen MR) is 218 cm³/mol. The highest BCUT2D eigenvalue weighted by molar-refractivity contribution is 7.80. The summed E-state index contributed by atoms with van der Waals surface area (Å²) in [6.07, 6.45) is 0.784. The van der Waals surface area contributed by atoms with Crippen molar-refractivity contribution in [2.24, 2.45) is 23.7 Å². The SMILES string of the molecule is CC[C@H](C)[C@@H]([C@@H](CC(=O)N1CCCC1[C@H](OC)[C@@H](C)C(=O)NC(Cc1ccccc1)C(=O)O)OC)N(C)C(=O)C(NC(=O)C(C(C)C)N(C)CCS)C(C)C. The molecule has 0 radical (unpaired) electrons. The van der Waals surface area contributed by atoms with E-state index in [4.69, 9.17) is 9.47 Å². The van der Waals surface area contributed by atoms with E-state index in [1.165, 1.54) is 14.2 Å². The molecule has 3 N–H and O–H groups in total. The number of hydrogen-bond acceptors (Lipinski definition) is 9. The van der Waals surface area contributed by atoms with Crippen LogP contribution in [-0.4, -0.2) is 139 Å². The van der Waals surface area contributed by atoms with Crippen molar-refractivity contribution in [3.8, 4) is 0 Å². The van der Waals surface area contributed by atoms with E-state index in [0.29, 0.717) is 38.1 Å². The summed E-state index contributed by atoms with van der Waals surface area (Å²) in [7, 11) is 6.64. The molecule has 2 rings (SSSR count). The molecule has 1 fully saturated rings. The fourth-order valence-electron chi connectivity index (χ4n) is 7.94. The number of rotatable bonds is 23. The number of nitrogens with zero attached hydrogens (tertiary/aromatic N) is 3. The normalized spacial score (nSPS) is 19.0. The molecule has 0 saturated carbocycles. The number of aliphatic carboxylic acids is 1. The van der Waals surface area contributed by atoms with E-state index < -0.39 is 60.2 Å². The number of hydrogen-bond donors (Lipinski definition) is 4. The Morgan fingerprint density at radius 1 is 0.945 bits per heavy atom. The average Bonchev–Trinajstić information content (AvgIpc) is 3.63. The third kappa shape index (κ3) is 13.2. The van der Waals surface area contributed by atoms with E-state index >= 15 is 0 Å². The number of thiol groups is 1. The number of likely N-dealkylation sites (N-methyl/N-ethyl adjacent to an activating group) is 2. The van der Waals surface area contributed by atoms with Gasteiger partial charge in [0.2, 0.25) is 23.6 Å². The highest BCUT2D eigenvalue weighted by Gasteiger charge is 2.43. The van der Waals surface area contributed by atoms with Crippen LogP contribution in [0.25, 0.3) is 0 Å². The lowest BCUT2D eigenvalue weighted by molar-refractivity contribution is -0.148. The maximum absolute atomic E-state index is 14.3. The van der Waals surface area contributed by atoms with Gasteiger partial charge in [0, 0.05) is 46.5 Å². The standard InChI is InChI=1S/C41H69N5O8S/c1-12-27(6)36(45(9)40(50)34(25(2)3)43-39(49)35(26(4)5)44(8)21-22-55)32(53-10)24-33(47)46-20-16-19-31(46)37(54-11)28(7)38(48)42-30(41(51)52)23-29-17-14-13-15-18-29/h13-15,17-18,25-28,30-32,34-37,55H,12,16,19-24H2,1-11H3,(H,42,48)(H,43,49)(H,51,52)/t27-,28+,30?,31?,32+,34?,35?,36-,37+/m0/s1. The van der Waals surface area contributed by atoms with Crippen LogP contribution < -0.4 is 10.6 Å². The summed E-state index contributed by atoms with van der Waals surface area (Å²) < 4.78 is 11.9. The number of carboxylic acid groups (broad SMARTS) is 1. The molecule has 0 aromatic heterocycles.